The molecule has 0 amide bonds. The van der Waals surface area contributed by atoms with E-state index in [-0.39, 0.29) is 5.97 Å². The molecule has 5 heteroatoms. The standard InChI is InChI=1S/C9H11N3O2/c1-7-6-8(14-9(7)13)4-2-3-5-11-12-10/h4,6H,2-3,5H2,1H3/b8-4+. The number of hydrogen-bond acceptors (Lipinski definition) is 3. The third-order valence-electron chi connectivity index (χ3n) is 1.76. The van der Waals surface area contributed by atoms with Gasteiger partial charge in [0.2, 0.25) is 0 Å². The zero-order valence-corrected chi connectivity index (χ0v) is 7.93. The van der Waals surface area contributed by atoms with Gasteiger partial charge >= 0.3 is 5.97 Å². The largest absolute Gasteiger partial charge is 0.424 e. The number of nitrogens with zero attached hydrogens (tertiary/aromatic N) is 3. The average Bonchev–Trinajstić information content (AvgIpc) is 2.46. The molecule has 0 unspecified atom stereocenters. The van der Waals surface area contributed by atoms with Gasteiger partial charge in [0.25, 0.3) is 0 Å². The second kappa shape index (κ2) is 5.09. The first kappa shape index (κ1) is 10.3. The van der Waals surface area contributed by atoms with Crippen LogP contribution in [0.4, 0.5) is 0 Å². The van der Waals surface area contributed by atoms with Crippen molar-refractivity contribution in [1.82, 2.24) is 0 Å². The van der Waals surface area contributed by atoms with Gasteiger partial charge in [-0.1, -0.05) is 5.11 Å². The van der Waals surface area contributed by atoms with Crippen molar-refractivity contribution in [3.63, 3.8) is 0 Å². The molecule has 0 aromatic carbocycles. The maximum Gasteiger partial charge on any atom is 0.339 e. The molecule has 0 aromatic rings. The summed E-state index contributed by atoms with van der Waals surface area (Å²) in [4.78, 5) is 13.6. The van der Waals surface area contributed by atoms with Crippen molar-refractivity contribution in [3.8, 4) is 0 Å². The zero-order valence-electron chi connectivity index (χ0n) is 7.93. The number of azide groups is 1. The quantitative estimate of drug-likeness (QED) is 0.226. The van der Waals surface area contributed by atoms with Crippen LogP contribution in [0, 0.1) is 0 Å². The Morgan fingerprint density at radius 1 is 1.71 bits per heavy atom. The second-order valence-corrected chi connectivity index (χ2v) is 2.92. The van der Waals surface area contributed by atoms with Crippen LogP contribution >= 0.6 is 0 Å². The van der Waals surface area contributed by atoms with Crippen LogP contribution in [0.1, 0.15) is 19.8 Å². The highest BCUT2D eigenvalue weighted by atomic mass is 16.5. The van der Waals surface area contributed by atoms with E-state index in [0.29, 0.717) is 17.9 Å². The Hall–Kier alpha value is -1.74. The van der Waals surface area contributed by atoms with Crippen molar-refractivity contribution in [2.24, 2.45) is 5.11 Å². The molecule has 0 saturated heterocycles. The highest BCUT2D eigenvalue weighted by Gasteiger charge is 2.15. The van der Waals surface area contributed by atoms with Crippen molar-refractivity contribution in [2.75, 3.05) is 6.54 Å². The molecule has 0 spiro atoms. The third kappa shape index (κ3) is 2.95. The number of carbonyl (C=O) groups is 1. The summed E-state index contributed by atoms with van der Waals surface area (Å²) in [7, 11) is 0. The van der Waals surface area contributed by atoms with Crippen molar-refractivity contribution >= 4 is 5.97 Å². The Labute approximate surface area is 81.7 Å². The van der Waals surface area contributed by atoms with E-state index in [9.17, 15) is 4.79 Å². The molecule has 0 atom stereocenters. The number of carbonyl (C=O) groups excluding carboxylic acids is 1. The summed E-state index contributed by atoms with van der Waals surface area (Å²) in [6.07, 6.45) is 5.03. The van der Waals surface area contributed by atoms with Crippen molar-refractivity contribution in [2.45, 2.75) is 19.8 Å². The lowest BCUT2D eigenvalue weighted by Crippen LogP contribution is -1.94. The summed E-state index contributed by atoms with van der Waals surface area (Å²) in [5.74, 6) is 0.305. The van der Waals surface area contributed by atoms with E-state index in [2.05, 4.69) is 10.0 Å². The summed E-state index contributed by atoms with van der Waals surface area (Å²) < 4.78 is 4.91. The number of unbranched alkanes of at least 4 members (excludes halogenated alkanes) is 1. The normalized spacial score (nSPS) is 17.6. The van der Waals surface area contributed by atoms with Crippen LogP contribution in [-0.2, 0) is 9.53 Å². The Bertz CT molecular complexity index is 338. The minimum absolute atomic E-state index is 0.286. The van der Waals surface area contributed by atoms with Gasteiger partial charge < -0.3 is 4.74 Å². The Balaban J connectivity index is 2.33. The van der Waals surface area contributed by atoms with Crippen molar-refractivity contribution in [3.05, 3.63) is 33.9 Å². The van der Waals surface area contributed by atoms with Gasteiger partial charge in [0, 0.05) is 17.0 Å². The van der Waals surface area contributed by atoms with E-state index in [4.69, 9.17) is 10.3 Å². The fourth-order valence-corrected chi connectivity index (χ4v) is 1.04. The molecule has 14 heavy (non-hydrogen) atoms. The molecule has 1 aliphatic rings. The zero-order chi connectivity index (χ0) is 10.4. The maximum atomic E-state index is 10.9. The molecule has 0 N–H and O–H groups in total. The van der Waals surface area contributed by atoms with Gasteiger partial charge in [0.05, 0.1) is 0 Å². The van der Waals surface area contributed by atoms with Crippen LogP contribution in [-0.4, -0.2) is 12.5 Å². The van der Waals surface area contributed by atoms with Crippen molar-refractivity contribution in [1.29, 1.82) is 0 Å². The highest BCUT2D eigenvalue weighted by Crippen LogP contribution is 2.16. The third-order valence-corrected chi connectivity index (χ3v) is 1.76. The fraction of sp³-hybridized carbons (Fsp3) is 0.444. The first-order valence-electron chi connectivity index (χ1n) is 4.35. The minimum atomic E-state index is -0.286. The molecule has 0 aromatic heterocycles. The molecular weight excluding hydrogens is 182 g/mol. The molecule has 1 aliphatic heterocycles. The summed E-state index contributed by atoms with van der Waals surface area (Å²) in [6, 6.07) is 0. The number of esters is 1. The first-order valence-corrected chi connectivity index (χ1v) is 4.35. The predicted octanol–water partition coefficient (Wildman–Crippen LogP) is 2.46. The number of cyclic esters (lactones) is 1. The molecule has 0 fully saturated rings. The first-order chi connectivity index (χ1) is 6.74. The van der Waals surface area contributed by atoms with Gasteiger partial charge in [0.15, 0.2) is 0 Å². The fourth-order valence-electron chi connectivity index (χ4n) is 1.04. The number of ether oxygens (including phenoxy) is 1. The van der Waals surface area contributed by atoms with Crippen LogP contribution in [0.5, 0.6) is 0 Å². The molecule has 0 radical (unpaired) electrons. The van der Waals surface area contributed by atoms with Gasteiger partial charge in [-0.2, -0.15) is 0 Å². The molecule has 74 valence electrons. The lowest BCUT2D eigenvalue weighted by Gasteiger charge is -1.94. The van der Waals surface area contributed by atoms with E-state index in [1.807, 2.05) is 6.08 Å². The molecule has 0 aliphatic carbocycles. The summed E-state index contributed by atoms with van der Waals surface area (Å²) in [6.45, 7) is 2.18. The predicted molar refractivity (Wildman–Crippen MR) is 51.2 cm³/mol. The van der Waals surface area contributed by atoms with Gasteiger partial charge in [-0.05, 0) is 37.4 Å². The SMILES string of the molecule is CC1=C/C(=C\CCCN=[N+]=[N-])OC1=O. The van der Waals surface area contributed by atoms with E-state index >= 15 is 0 Å². The smallest absolute Gasteiger partial charge is 0.339 e. The topological polar surface area (TPSA) is 75.1 Å². The number of hydrogen-bond donors (Lipinski definition) is 0. The Morgan fingerprint density at radius 2 is 2.50 bits per heavy atom. The average molecular weight is 193 g/mol. The number of allylic oxidation sites excluding steroid dienone is 2. The monoisotopic (exact) mass is 193 g/mol. The van der Waals surface area contributed by atoms with E-state index < -0.39 is 0 Å². The highest BCUT2D eigenvalue weighted by molar-refractivity contribution is 5.92. The van der Waals surface area contributed by atoms with Crippen LogP contribution in [0.15, 0.2) is 28.6 Å². The second-order valence-electron chi connectivity index (χ2n) is 2.92. The van der Waals surface area contributed by atoms with Gasteiger partial charge in [-0.15, -0.1) is 0 Å². The van der Waals surface area contributed by atoms with E-state index in [0.717, 1.165) is 12.8 Å². The van der Waals surface area contributed by atoms with Crippen LogP contribution in [0.3, 0.4) is 0 Å². The Kier molecular flexibility index (Phi) is 3.76. The van der Waals surface area contributed by atoms with Gasteiger partial charge in [-0.3, -0.25) is 0 Å². The lowest BCUT2D eigenvalue weighted by atomic mass is 10.2. The van der Waals surface area contributed by atoms with Crippen LogP contribution in [0.25, 0.3) is 10.4 Å². The molecule has 1 rings (SSSR count). The van der Waals surface area contributed by atoms with Crippen LogP contribution < -0.4 is 0 Å². The van der Waals surface area contributed by atoms with Gasteiger partial charge in [0.1, 0.15) is 5.76 Å². The lowest BCUT2D eigenvalue weighted by molar-refractivity contribution is -0.133. The summed E-state index contributed by atoms with van der Waals surface area (Å²) in [5, 5.41) is 3.39. The maximum absolute atomic E-state index is 10.9. The van der Waals surface area contributed by atoms with E-state index in [1.54, 1.807) is 13.0 Å². The van der Waals surface area contributed by atoms with Gasteiger partial charge in [-0.25, -0.2) is 4.79 Å². The molecule has 0 saturated carbocycles. The summed E-state index contributed by atoms with van der Waals surface area (Å²) >= 11 is 0. The summed E-state index contributed by atoms with van der Waals surface area (Å²) in [5.41, 5.74) is 8.63. The molecule has 5 nitrogen and oxygen atoms in total. The molecule has 1 heterocycles. The van der Waals surface area contributed by atoms with E-state index in [1.165, 1.54) is 0 Å². The van der Waals surface area contributed by atoms with Crippen molar-refractivity contribution < 1.29 is 9.53 Å². The van der Waals surface area contributed by atoms with Crippen LogP contribution in [0.2, 0.25) is 0 Å². The number of rotatable bonds is 4. The molecular formula is C9H11N3O2. The minimum Gasteiger partial charge on any atom is -0.424 e. The Morgan fingerprint density at radius 3 is 3.07 bits per heavy atom. The molecule has 0 bridgehead atoms.